The fourth-order valence-corrected chi connectivity index (χ4v) is 0.918. The molecule has 1 rings (SSSR count). The van der Waals surface area contributed by atoms with Gasteiger partial charge in [-0.05, 0) is 28.7 Å². The molecule has 0 bridgehead atoms. The number of nitrogens with two attached hydrogens (primary N) is 1. The maximum Gasteiger partial charge on any atom is 0.490 e. The summed E-state index contributed by atoms with van der Waals surface area (Å²) >= 11 is 1.97. The molecular weight excluding hydrogens is 258 g/mol. The van der Waals surface area contributed by atoms with Crippen molar-refractivity contribution < 1.29 is 10.0 Å². The molecule has 4 nitrogen and oxygen atoms in total. The molecule has 1 heterocycles. The van der Waals surface area contributed by atoms with Gasteiger partial charge in [0.15, 0.2) is 0 Å². The molecule has 0 radical (unpaired) electrons. The summed E-state index contributed by atoms with van der Waals surface area (Å²) in [6, 6.07) is 1.49. The third-order valence-electron chi connectivity index (χ3n) is 1.19. The summed E-state index contributed by atoms with van der Waals surface area (Å²) < 4.78 is 0.659. The predicted octanol–water partition coefficient (Wildman–Crippen LogP) is -1.05. The van der Waals surface area contributed by atoms with Crippen LogP contribution in [0, 0.1) is 3.70 Å². The van der Waals surface area contributed by atoms with E-state index >= 15 is 0 Å². The van der Waals surface area contributed by atoms with Crippen LogP contribution in [0.2, 0.25) is 0 Å². The smallest absolute Gasteiger partial charge is 0.423 e. The molecule has 0 aliphatic rings. The lowest BCUT2D eigenvalue weighted by atomic mass is 9.81. The Balaban J connectivity index is 3.05. The minimum Gasteiger partial charge on any atom is -0.423 e. The van der Waals surface area contributed by atoms with E-state index in [1.807, 2.05) is 22.6 Å². The van der Waals surface area contributed by atoms with Crippen LogP contribution in [-0.4, -0.2) is 22.2 Å². The molecule has 11 heavy (non-hydrogen) atoms. The van der Waals surface area contributed by atoms with Gasteiger partial charge in [-0.3, -0.25) is 0 Å². The molecule has 0 aliphatic carbocycles. The van der Waals surface area contributed by atoms with Crippen molar-refractivity contribution in [2.24, 2.45) is 0 Å². The maximum atomic E-state index is 8.70. The summed E-state index contributed by atoms with van der Waals surface area (Å²) in [5, 5.41) is 17.4. The van der Waals surface area contributed by atoms with Crippen LogP contribution < -0.4 is 11.2 Å². The van der Waals surface area contributed by atoms with E-state index in [1.165, 1.54) is 12.3 Å². The Bertz CT molecular complexity index is 269. The molecule has 1 aromatic heterocycles. The molecular formula is C5H6BIN2O2. The fraction of sp³-hybridized carbons (Fsp3) is 0. The lowest BCUT2D eigenvalue weighted by molar-refractivity contribution is 0.425. The number of pyridine rings is 1. The number of halogens is 1. The molecule has 0 spiro atoms. The Morgan fingerprint density at radius 1 is 1.55 bits per heavy atom. The summed E-state index contributed by atoms with van der Waals surface area (Å²) in [4.78, 5) is 3.84. The monoisotopic (exact) mass is 264 g/mol. The Hall–Kier alpha value is -0.335. The van der Waals surface area contributed by atoms with Crippen LogP contribution >= 0.6 is 22.6 Å². The normalized spacial score (nSPS) is 9.73. The Morgan fingerprint density at radius 3 is 2.64 bits per heavy atom. The second-order valence-corrected chi connectivity index (χ2v) is 3.04. The molecule has 0 fully saturated rings. The molecule has 4 N–H and O–H groups in total. The quantitative estimate of drug-likeness (QED) is 0.343. The van der Waals surface area contributed by atoms with Gasteiger partial charge < -0.3 is 15.8 Å². The molecule has 0 aliphatic heterocycles. The molecule has 0 unspecified atom stereocenters. The number of nitrogens with zero attached hydrogens (tertiary/aromatic N) is 1. The molecule has 6 heteroatoms. The van der Waals surface area contributed by atoms with Gasteiger partial charge in [-0.1, -0.05) is 0 Å². The van der Waals surface area contributed by atoms with E-state index in [0.29, 0.717) is 14.9 Å². The first-order valence-corrected chi connectivity index (χ1v) is 3.96. The topological polar surface area (TPSA) is 79.4 Å². The average Bonchev–Trinajstić information content (AvgIpc) is 1.94. The van der Waals surface area contributed by atoms with Crippen LogP contribution in [0.4, 0.5) is 5.69 Å². The van der Waals surface area contributed by atoms with E-state index in [4.69, 9.17) is 15.8 Å². The zero-order valence-electron chi connectivity index (χ0n) is 5.53. The van der Waals surface area contributed by atoms with E-state index in [9.17, 15) is 0 Å². The minimum atomic E-state index is -1.50. The molecule has 0 atom stereocenters. The lowest BCUT2D eigenvalue weighted by Gasteiger charge is -2.00. The highest BCUT2D eigenvalue weighted by molar-refractivity contribution is 14.1. The lowest BCUT2D eigenvalue weighted by Crippen LogP contribution is -2.30. The number of aromatic nitrogens is 1. The summed E-state index contributed by atoms with van der Waals surface area (Å²) in [5.41, 5.74) is 6.23. The van der Waals surface area contributed by atoms with Crippen molar-refractivity contribution in [2.45, 2.75) is 0 Å². The number of hydrogen-bond donors (Lipinski definition) is 3. The third kappa shape index (κ3) is 2.04. The van der Waals surface area contributed by atoms with Gasteiger partial charge in [-0.2, -0.15) is 0 Å². The van der Waals surface area contributed by atoms with Crippen molar-refractivity contribution in [2.75, 3.05) is 5.73 Å². The zero-order chi connectivity index (χ0) is 8.43. The van der Waals surface area contributed by atoms with Gasteiger partial charge >= 0.3 is 7.12 Å². The number of anilines is 1. The van der Waals surface area contributed by atoms with Crippen molar-refractivity contribution in [3.8, 4) is 0 Å². The van der Waals surface area contributed by atoms with Crippen LogP contribution in [-0.2, 0) is 0 Å². The summed E-state index contributed by atoms with van der Waals surface area (Å²) in [7, 11) is -1.50. The summed E-state index contributed by atoms with van der Waals surface area (Å²) in [6.45, 7) is 0. The first kappa shape index (κ1) is 8.76. The second-order valence-electron chi connectivity index (χ2n) is 2.02. The third-order valence-corrected chi connectivity index (χ3v) is 2.09. The van der Waals surface area contributed by atoms with Crippen molar-refractivity contribution in [3.63, 3.8) is 0 Å². The number of rotatable bonds is 1. The van der Waals surface area contributed by atoms with Crippen LogP contribution in [0.5, 0.6) is 0 Å². The van der Waals surface area contributed by atoms with Gasteiger partial charge in [-0.25, -0.2) is 4.98 Å². The largest absolute Gasteiger partial charge is 0.490 e. The van der Waals surface area contributed by atoms with Crippen LogP contribution in [0.1, 0.15) is 0 Å². The van der Waals surface area contributed by atoms with E-state index in [0.717, 1.165) is 0 Å². The van der Waals surface area contributed by atoms with Crippen LogP contribution in [0.25, 0.3) is 0 Å². The first-order valence-electron chi connectivity index (χ1n) is 2.88. The van der Waals surface area contributed by atoms with E-state index < -0.39 is 7.12 Å². The molecule has 58 valence electrons. The predicted molar refractivity (Wildman–Crippen MR) is 51.2 cm³/mol. The molecule has 0 amide bonds. The van der Waals surface area contributed by atoms with E-state index in [-0.39, 0.29) is 0 Å². The van der Waals surface area contributed by atoms with Gasteiger partial charge in [0.25, 0.3) is 0 Å². The molecule has 0 saturated carbocycles. The Morgan fingerprint density at radius 2 is 2.18 bits per heavy atom. The van der Waals surface area contributed by atoms with Gasteiger partial charge in [-0.15, -0.1) is 0 Å². The maximum absolute atomic E-state index is 8.70. The number of nitrogen functional groups attached to an aromatic ring is 1. The zero-order valence-corrected chi connectivity index (χ0v) is 7.69. The number of hydrogen-bond acceptors (Lipinski definition) is 4. The van der Waals surface area contributed by atoms with E-state index in [2.05, 4.69) is 4.98 Å². The van der Waals surface area contributed by atoms with Gasteiger partial charge in [0.2, 0.25) is 0 Å². The summed E-state index contributed by atoms with van der Waals surface area (Å²) in [6.07, 6.45) is 1.38. The van der Waals surface area contributed by atoms with Crippen LogP contribution in [0.3, 0.4) is 0 Å². The van der Waals surface area contributed by atoms with Gasteiger partial charge in [0.1, 0.15) is 3.70 Å². The minimum absolute atomic E-state index is 0.308. The molecule has 0 aromatic carbocycles. The van der Waals surface area contributed by atoms with Crippen molar-refractivity contribution in [1.82, 2.24) is 4.98 Å². The van der Waals surface area contributed by atoms with Gasteiger partial charge in [0, 0.05) is 11.7 Å². The Kier molecular flexibility index (Phi) is 2.69. The second kappa shape index (κ2) is 3.37. The highest BCUT2D eigenvalue weighted by atomic mass is 127. The average molecular weight is 264 g/mol. The molecule has 1 aromatic rings. The standard InChI is InChI=1S/C5H6BIN2O2/c7-5-4(8)1-3(2-9-5)6(10)11/h1-2,10-11H,8H2. The molecule has 0 saturated heterocycles. The SMILES string of the molecule is Nc1cc(B(O)O)cnc1I. The van der Waals surface area contributed by atoms with E-state index in [1.54, 1.807) is 0 Å². The van der Waals surface area contributed by atoms with Crippen molar-refractivity contribution in [1.29, 1.82) is 0 Å². The van der Waals surface area contributed by atoms with Crippen molar-refractivity contribution in [3.05, 3.63) is 16.0 Å². The highest BCUT2D eigenvalue weighted by Crippen LogP contribution is 2.07. The Labute approximate surface area is 77.7 Å². The van der Waals surface area contributed by atoms with Crippen molar-refractivity contribution >= 4 is 40.9 Å². The highest BCUT2D eigenvalue weighted by Gasteiger charge is 2.11. The summed E-state index contributed by atoms with van der Waals surface area (Å²) in [5.74, 6) is 0. The van der Waals surface area contributed by atoms with Crippen LogP contribution in [0.15, 0.2) is 12.3 Å². The fourth-order valence-electron chi connectivity index (χ4n) is 0.623. The first-order chi connectivity index (χ1) is 5.11. The van der Waals surface area contributed by atoms with Gasteiger partial charge in [0.05, 0.1) is 5.69 Å².